The van der Waals surface area contributed by atoms with Crippen LogP contribution >= 0.6 is 11.6 Å². The van der Waals surface area contributed by atoms with Crippen molar-refractivity contribution in [2.24, 2.45) is 0 Å². The fourth-order valence-electron chi connectivity index (χ4n) is 4.09. The van der Waals surface area contributed by atoms with E-state index in [0.29, 0.717) is 17.7 Å². The van der Waals surface area contributed by atoms with E-state index in [0.717, 1.165) is 23.1 Å². The van der Waals surface area contributed by atoms with E-state index in [1.54, 1.807) is 45.0 Å². The monoisotopic (exact) mass is 648 g/mol. The molecule has 43 heavy (non-hydrogen) atoms. The number of nitrogens with one attached hydrogen (secondary N) is 1. The molecule has 4 rings (SSSR count). The van der Waals surface area contributed by atoms with E-state index in [1.807, 2.05) is 0 Å². The van der Waals surface area contributed by atoms with Crippen LogP contribution in [0, 0.1) is 0 Å². The van der Waals surface area contributed by atoms with E-state index in [1.165, 1.54) is 0 Å². The van der Waals surface area contributed by atoms with Crippen molar-refractivity contribution in [1.82, 2.24) is 15.5 Å². The van der Waals surface area contributed by atoms with Crippen molar-refractivity contribution in [3.8, 4) is 11.5 Å². The molecule has 17 heteroatoms. The molecule has 11 nitrogen and oxygen atoms in total. The molecule has 2 aromatic carbocycles. The second-order valence-electron chi connectivity index (χ2n) is 10.4. The second kappa shape index (κ2) is 11.4. The van der Waals surface area contributed by atoms with Gasteiger partial charge in [0.2, 0.25) is 5.89 Å². The van der Waals surface area contributed by atoms with Gasteiger partial charge in [0.15, 0.2) is 9.84 Å². The van der Waals surface area contributed by atoms with E-state index in [4.69, 9.17) is 20.8 Å². The summed E-state index contributed by atoms with van der Waals surface area (Å²) >= 11 is 5.97. The molecule has 0 radical (unpaired) electrons. The number of halogens is 5. The normalized spacial score (nSPS) is 18.4. The highest BCUT2D eigenvalue weighted by Gasteiger charge is 2.62. The van der Waals surface area contributed by atoms with Gasteiger partial charge < -0.3 is 24.1 Å². The van der Waals surface area contributed by atoms with Crippen molar-refractivity contribution in [2.75, 3.05) is 17.8 Å². The van der Waals surface area contributed by atoms with Crippen LogP contribution in [0.3, 0.4) is 0 Å². The van der Waals surface area contributed by atoms with Crippen LogP contribution in [0.15, 0.2) is 51.8 Å². The topological polar surface area (TPSA) is 141 Å². The Bertz CT molecular complexity index is 1640. The molecule has 1 aromatic heterocycles. The maximum absolute atomic E-state index is 14.6. The highest BCUT2D eigenvalue weighted by molar-refractivity contribution is 7.91. The van der Waals surface area contributed by atoms with Gasteiger partial charge in [-0.2, -0.15) is 17.6 Å². The molecule has 0 saturated heterocycles. The average Bonchev–Trinajstić information content (AvgIpc) is 3.38. The molecule has 0 fully saturated rings. The minimum atomic E-state index is -5.56. The number of sulfone groups is 1. The van der Waals surface area contributed by atoms with Gasteiger partial charge in [-0.25, -0.2) is 13.2 Å². The van der Waals surface area contributed by atoms with Crippen LogP contribution in [0.2, 0.25) is 5.02 Å². The number of carbonyl (C=O) groups is 2. The SMILES string of the molecule is COC(F)(c1nnc(-c2ccc3c(c2)N(Cc2ccc(Cl)cc2)C(=O)[C@@H](NC(=O)OC(C)(C)C)CS3(=O)=O)o1)C(F)(F)F. The standard InChI is InChI=1S/C26H25ClF4N4O7S/c1-24(2,3)42-23(37)32-17-13-43(38,39)19-10-7-15(20-33-34-22(41-20)25(28,40-4)26(29,30)31)11-18(19)35(21(17)36)12-14-5-8-16(27)9-6-14/h5-11,17H,12-13H2,1-4H3,(H,32,37)/t17-,25?/m0/s1. The number of alkyl halides is 4. The van der Waals surface area contributed by atoms with Crippen molar-refractivity contribution in [1.29, 1.82) is 0 Å². The number of hydrogen-bond acceptors (Lipinski definition) is 9. The smallest absolute Gasteiger partial charge is 0.444 e. The maximum Gasteiger partial charge on any atom is 0.458 e. The van der Waals surface area contributed by atoms with Gasteiger partial charge in [0.1, 0.15) is 11.6 Å². The zero-order chi connectivity index (χ0) is 32.0. The van der Waals surface area contributed by atoms with Gasteiger partial charge >= 0.3 is 18.1 Å². The maximum atomic E-state index is 14.6. The first-order valence-electron chi connectivity index (χ1n) is 12.4. The Kier molecular flexibility index (Phi) is 8.52. The number of nitrogens with zero attached hydrogens (tertiary/aromatic N) is 3. The Hall–Kier alpha value is -3.76. The molecule has 232 valence electrons. The summed E-state index contributed by atoms with van der Waals surface area (Å²) in [5, 5.41) is 9.31. The molecular formula is C26H25ClF4N4O7S. The van der Waals surface area contributed by atoms with E-state index in [2.05, 4.69) is 20.3 Å². The predicted molar refractivity (Wildman–Crippen MR) is 143 cm³/mol. The Morgan fingerprint density at radius 2 is 1.77 bits per heavy atom. The number of carbonyl (C=O) groups excluding carboxylic acids is 2. The van der Waals surface area contributed by atoms with Crippen LogP contribution in [0.5, 0.6) is 0 Å². The number of fused-ring (bicyclic) bond motifs is 1. The molecule has 1 aliphatic rings. The number of anilines is 1. The van der Waals surface area contributed by atoms with Crippen molar-refractivity contribution in [3.05, 3.63) is 58.9 Å². The lowest BCUT2D eigenvalue weighted by Crippen LogP contribution is -2.51. The summed E-state index contributed by atoms with van der Waals surface area (Å²) in [7, 11) is -3.81. The van der Waals surface area contributed by atoms with Gasteiger partial charge in [0.25, 0.3) is 11.8 Å². The first-order valence-corrected chi connectivity index (χ1v) is 14.4. The number of alkyl carbamates (subject to hydrolysis) is 1. The van der Waals surface area contributed by atoms with Gasteiger partial charge in [-0.1, -0.05) is 23.7 Å². The summed E-state index contributed by atoms with van der Waals surface area (Å²) in [5.74, 6) is -8.25. The average molecular weight is 649 g/mol. The van der Waals surface area contributed by atoms with Gasteiger partial charge in [-0.15, -0.1) is 10.2 Å². The summed E-state index contributed by atoms with van der Waals surface area (Å²) in [6.45, 7) is 4.54. The quantitative estimate of drug-likeness (QED) is 0.368. The van der Waals surface area contributed by atoms with E-state index < -0.39 is 63.0 Å². The van der Waals surface area contributed by atoms with Crippen molar-refractivity contribution in [2.45, 2.75) is 55.9 Å². The number of aromatic nitrogens is 2. The first-order chi connectivity index (χ1) is 19.8. The van der Waals surface area contributed by atoms with Gasteiger partial charge in [0.05, 0.1) is 22.9 Å². The minimum absolute atomic E-state index is 0.138. The summed E-state index contributed by atoms with van der Waals surface area (Å²) in [6.07, 6.45) is -6.60. The van der Waals surface area contributed by atoms with Crippen LogP contribution in [0.1, 0.15) is 32.2 Å². The fourth-order valence-corrected chi connectivity index (χ4v) is 5.83. The molecule has 2 heterocycles. The van der Waals surface area contributed by atoms with Crippen LogP contribution in [0.25, 0.3) is 11.5 Å². The molecule has 1 N–H and O–H groups in total. The summed E-state index contributed by atoms with van der Waals surface area (Å²) in [6, 6.07) is 8.02. The zero-order valence-corrected chi connectivity index (χ0v) is 24.6. The number of amides is 2. The molecule has 2 atom stereocenters. The molecule has 0 spiro atoms. The largest absolute Gasteiger partial charge is 0.458 e. The number of ether oxygens (including phenoxy) is 2. The lowest BCUT2D eigenvalue weighted by molar-refractivity contribution is -0.341. The van der Waals surface area contributed by atoms with Crippen molar-refractivity contribution < 1.29 is 49.5 Å². The molecular weight excluding hydrogens is 624 g/mol. The van der Waals surface area contributed by atoms with E-state index in [9.17, 15) is 35.6 Å². The van der Waals surface area contributed by atoms with Crippen molar-refractivity contribution >= 4 is 39.1 Å². The summed E-state index contributed by atoms with van der Waals surface area (Å²) in [5.41, 5.74) is -0.787. The number of hydrogen-bond donors (Lipinski definition) is 1. The first kappa shape index (κ1) is 32.2. The number of methoxy groups -OCH3 is 1. The van der Waals surface area contributed by atoms with Crippen LogP contribution in [-0.2, 0) is 36.5 Å². The van der Waals surface area contributed by atoms with Gasteiger partial charge in [-0.3, -0.25) is 4.79 Å². The van der Waals surface area contributed by atoms with Crippen LogP contribution in [0.4, 0.5) is 28.0 Å². The van der Waals surface area contributed by atoms with Gasteiger partial charge in [0, 0.05) is 17.7 Å². The lowest BCUT2D eigenvalue weighted by Gasteiger charge is -2.27. The molecule has 2 amide bonds. The molecule has 3 aromatic rings. The fraction of sp³-hybridized carbons (Fsp3) is 0.385. The Labute approximate surface area is 248 Å². The summed E-state index contributed by atoms with van der Waals surface area (Å²) < 4.78 is 95.6. The van der Waals surface area contributed by atoms with E-state index >= 15 is 0 Å². The number of benzene rings is 2. The Balaban J connectivity index is 1.82. The molecule has 1 unspecified atom stereocenters. The third kappa shape index (κ3) is 6.75. The third-order valence-corrected chi connectivity index (χ3v) is 8.11. The lowest BCUT2D eigenvalue weighted by atomic mass is 10.1. The third-order valence-electron chi connectivity index (χ3n) is 6.07. The zero-order valence-electron chi connectivity index (χ0n) is 23.0. The highest BCUT2D eigenvalue weighted by Crippen LogP contribution is 2.43. The minimum Gasteiger partial charge on any atom is -0.444 e. The molecule has 0 bridgehead atoms. The summed E-state index contributed by atoms with van der Waals surface area (Å²) in [4.78, 5) is 27.1. The predicted octanol–water partition coefficient (Wildman–Crippen LogP) is 4.93. The van der Waals surface area contributed by atoms with Crippen LogP contribution in [-0.4, -0.2) is 61.3 Å². The van der Waals surface area contributed by atoms with Crippen LogP contribution < -0.4 is 10.2 Å². The Morgan fingerprint density at radius 1 is 1.12 bits per heavy atom. The Morgan fingerprint density at radius 3 is 2.35 bits per heavy atom. The molecule has 1 aliphatic heterocycles. The van der Waals surface area contributed by atoms with Gasteiger partial charge in [-0.05, 0) is 56.7 Å². The number of rotatable bonds is 6. The van der Waals surface area contributed by atoms with Crippen molar-refractivity contribution in [3.63, 3.8) is 0 Å². The van der Waals surface area contributed by atoms with E-state index in [-0.39, 0.29) is 22.7 Å². The molecule has 0 aliphatic carbocycles. The highest BCUT2D eigenvalue weighted by atomic mass is 35.5. The second-order valence-corrected chi connectivity index (χ2v) is 12.9. The molecule has 0 saturated carbocycles.